The largest absolute Gasteiger partial charge is 0.444 e. The molecule has 0 atom stereocenters. The minimum absolute atomic E-state index is 0.0234. The van der Waals surface area contributed by atoms with Crippen LogP contribution in [0.1, 0.15) is 23.9 Å². The Balaban J connectivity index is 1.89. The summed E-state index contributed by atoms with van der Waals surface area (Å²) in [6.45, 7) is 2.73. The van der Waals surface area contributed by atoms with Gasteiger partial charge in [0.15, 0.2) is 10.4 Å². The highest BCUT2D eigenvalue weighted by Crippen LogP contribution is 2.23. The highest BCUT2D eigenvalue weighted by molar-refractivity contribution is 9.10. The van der Waals surface area contributed by atoms with Crippen molar-refractivity contribution in [3.8, 4) is 0 Å². The fraction of sp³-hybridized carbons (Fsp3) is 0.200. The van der Waals surface area contributed by atoms with Gasteiger partial charge in [-0.2, -0.15) is 0 Å². The van der Waals surface area contributed by atoms with Crippen LogP contribution in [0.4, 0.5) is 5.69 Å². The van der Waals surface area contributed by atoms with Gasteiger partial charge in [0.1, 0.15) is 0 Å². The number of carbonyl (C=O) groups excluding carboxylic acids is 1. The Bertz CT molecular complexity index is 894. The Morgan fingerprint density at radius 1 is 1.36 bits per heavy atom. The van der Waals surface area contributed by atoms with E-state index in [-0.39, 0.29) is 16.5 Å². The highest BCUT2D eigenvalue weighted by atomic mass is 79.9. The summed E-state index contributed by atoms with van der Waals surface area (Å²) >= 11 is 4.35. The molecule has 0 bridgehead atoms. The Morgan fingerprint density at radius 3 is 2.86 bits per heavy atom. The van der Waals surface area contributed by atoms with E-state index in [1.54, 1.807) is 22.8 Å². The van der Waals surface area contributed by atoms with Crippen LogP contribution < -0.4 is 10.2 Å². The first kappa shape index (κ1) is 15.1. The third kappa shape index (κ3) is 2.86. The first-order chi connectivity index (χ1) is 10.6. The smallest absolute Gasteiger partial charge is 0.308 e. The van der Waals surface area contributed by atoms with Crippen molar-refractivity contribution in [1.29, 1.82) is 0 Å². The van der Waals surface area contributed by atoms with Crippen molar-refractivity contribution < 1.29 is 9.21 Å². The lowest BCUT2D eigenvalue weighted by Gasteiger charge is -2.04. The van der Waals surface area contributed by atoms with Crippen molar-refractivity contribution in [3.05, 3.63) is 50.4 Å². The first-order valence-electron chi connectivity index (χ1n) is 6.78. The molecule has 0 saturated heterocycles. The molecule has 0 aliphatic carbocycles. The van der Waals surface area contributed by atoms with Crippen LogP contribution in [0.15, 0.2) is 44.2 Å². The van der Waals surface area contributed by atoms with Crippen LogP contribution in [0.3, 0.4) is 0 Å². The summed E-state index contributed by atoms with van der Waals surface area (Å²) in [6, 6.07) is 8.71. The van der Waals surface area contributed by atoms with Crippen LogP contribution >= 0.6 is 27.3 Å². The molecule has 1 N–H and O–H groups in total. The second-order valence-electron chi connectivity index (χ2n) is 4.76. The van der Waals surface area contributed by atoms with Gasteiger partial charge in [0.25, 0.3) is 5.91 Å². The van der Waals surface area contributed by atoms with Gasteiger partial charge in [-0.3, -0.25) is 14.2 Å². The van der Waals surface area contributed by atoms with Crippen LogP contribution in [-0.2, 0) is 6.54 Å². The van der Waals surface area contributed by atoms with Gasteiger partial charge in [0.2, 0.25) is 0 Å². The molecule has 3 rings (SSSR count). The molecular formula is C15H13BrN2O3S. The Hall–Kier alpha value is -1.86. The van der Waals surface area contributed by atoms with Gasteiger partial charge in [0.05, 0.1) is 10.2 Å². The molecule has 0 radical (unpaired) electrons. The third-order valence-electron chi connectivity index (χ3n) is 3.17. The van der Waals surface area contributed by atoms with E-state index < -0.39 is 0 Å². The molecule has 1 amide bonds. The number of fused-ring (bicyclic) bond motifs is 1. The van der Waals surface area contributed by atoms with Crippen molar-refractivity contribution >= 4 is 49.1 Å². The van der Waals surface area contributed by atoms with E-state index in [2.05, 4.69) is 21.2 Å². The quantitative estimate of drug-likeness (QED) is 0.741. The number of rotatable bonds is 4. The van der Waals surface area contributed by atoms with Gasteiger partial charge < -0.3 is 9.73 Å². The average molecular weight is 381 g/mol. The summed E-state index contributed by atoms with van der Waals surface area (Å²) in [4.78, 5) is 24.0. The van der Waals surface area contributed by atoms with Gasteiger partial charge in [-0.1, -0.05) is 18.3 Å². The molecule has 2 heterocycles. The first-order valence-corrected chi connectivity index (χ1v) is 8.39. The van der Waals surface area contributed by atoms with Gasteiger partial charge >= 0.3 is 4.87 Å². The van der Waals surface area contributed by atoms with E-state index in [0.717, 1.165) is 16.6 Å². The fourth-order valence-electron chi connectivity index (χ4n) is 2.21. The van der Waals surface area contributed by atoms with Crippen molar-refractivity contribution in [3.63, 3.8) is 0 Å². The molecule has 0 fully saturated rings. The van der Waals surface area contributed by atoms with E-state index in [1.807, 2.05) is 19.1 Å². The molecule has 3 aromatic rings. The zero-order valence-electron chi connectivity index (χ0n) is 11.8. The predicted octanol–water partition coefficient (Wildman–Crippen LogP) is 4.08. The number of benzene rings is 1. The van der Waals surface area contributed by atoms with E-state index in [9.17, 15) is 9.59 Å². The SMILES string of the molecule is CCCn1c(=O)sc2cc(NC(=O)c3ccc(Br)o3)ccc21. The van der Waals surface area contributed by atoms with Gasteiger partial charge in [-0.15, -0.1) is 0 Å². The Labute approximate surface area is 138 Å². The molecule has 1 aromatic carbocycles. The number of halogens is 1. The summed E-state index contributed by atoms with van der Waals surface area (Å²) in [5.74, 6) is -0.103. The summed E-state index contributed by atoms with van der Waals surface area (Å²) in [5, 5.41) is 2.77. The molecule has 0 unspecified atom stereocenters. The molecular weight excluding hydrogens is 368 g/mol. The summed E-state index contributed by atoms with van der Waals surface area (Å²) in [7, 11) is 0. The van der Waals surface area contributed by atoms with Crippen LogP contribution in [-0.4, -0.2) is 10.5 Å². The summed E-state index contributed by atoms with van der Waals surface area (Å²) in [6.07, 6.45) is 0.900. The van der Waals surface area contributed by atoms with E-state index in [4.69, 9.17) is 4.42 Å². The number of anilines is 1. The lowest BCUT2D eigenvalue weighted by Crippen LogP contribution is -2.12. The summed E-state index contributed by atoms with van der Waals surface area (Å²) < 4.78 is 8.33. The van der Waals surface area contributed by atoms with Crippen LogP contribution in [0.5, 0.6) is 0 Å². The molecule has 7 heteroatoms. The Kier molecular flexibility index (Phi) is 4.17. The normalized spacial score (nSPS) is 11.0. The van der Waals surface area contributed by atoms with Crippen LogP contribution in [0.2, 0.25) is 0 Å². The molecule has 5 nitrogen and oxygen atoms in total. The molecule has 0 aliphatic heterocycles. The molecule has 0 spiro atoms. The minimum Gasteiger partial charge on any atom is -0.444 e. The maximum Gasteiger partial charge on any atom is 0.308 e. The van der Waals surface area contributed by atoms with Crippen LogP contribution in [0, 0.1) is 0 Å². The van der Waals surface area contributed by atoms with Crippen LogP contribution in [0.25, 0.3) is 10.2 Å². The zero-order valence-corrected chi connectivity index (χ0v) is 14.2. The molecule has 22 heavy (non-hydrogen) atoms. The van der Waals surface area contributed by atoms with E-state index in [1.165, 1.54) is 11.3 Å². The van der Waals surface area contributed by atoms with E-state index in [0.29, 0.717) is 16.9 Å². The minimum atomic E-state index is -0.328. The predicted molar refractivity (Wildman–Crippen MR) is 90.7 cm³/mol. The number of aryl methyl sites for hydroxylation is 1. The molecule has 114 valence electrons. The third-order valence-corrected chi connectivity index (χ3v) is 4.54. The fourth-order valence-corrected chi connectivity index (χ4v) is 3.47. The topological polar surface area (TPSA) is 64.2 Å². The molecule has 0 saturated carbocycles. The van der Waals surface area contributed by atoms with Crippen molar-refractivity contribution in [2.45, 2.75) is 19.9 Å². The number of furan rings is 1. The number of nitrogens with one attached hydrogen (secondary N) is 1. The maximum atomic E-state index is 12.0. The number of carbonyl (C=O) groups is 1. The van der Waals surface area contributed by atoms with Gasteiger partial charge in [-0.25, -0.2) is 0 Å². The number of thiazole rings is 1. The number of hydrogen-bond donors (Lipinski definition) is 1. The summed E-state index contributed by atoms with van der Waals surface area (Å²) in [5.41, 5.74) is 1.53. The number of hydrogen-bond acceptors (Lipinski definition) is 4. The number of amides is 1. The van der Waals surface area contributed by atoms with Crippen molar-refractivity contribution in [2.75, 3.05) is 5.32 Å². The second-order valence-corrected chi connectivity index (χ2v) is 6.53. The zero-order chi connectivity index (χ0) is 15.7. The maximum absolute atomic E-state index is 12.0. The lowest BCUT2D eigenvalue weighted by atomic mass is 10.2. The van der Waals surface area contributed by atoms with Crippen molar-refractivity contribution in [2.24, 2.45) is 0 Å². The van der Waals surface area contributed by atoms with Gasteiger partial charge in [-0.05, 0) is 52.7 Å². The monoisotopic (exact) mass is 380 g/mol. The average Bonchev–Trinajstić information content (AvgIpc) is 3.04. The van der Waals surface area contributed by atoms with Crippen molar-refractivity contribution in [1.82, 2.24) is 4.57 Å². The molecule has 0 aliphatic rings. The highest BCUT2D eigenvalue weighted by Gasteiger charge is 2.12. The van der Waals surface area contributed by atoms with Gasteiger partial charge in [0, 0.05) is 12.2 Å². The standard InChI is InChI=1S/C15H13BrN2O3S/c1-2-7-18-10-4-3-9(8-12(10)22-15(18)20)17-14(19)11-5-6-13(16)21-11/h3-6,8H,2,7H2,1H3,(H,17,19). The molecule has 2 aromatic heterocycles. The van der Waals surface area contributed by atoms with E-state index >= 15 is 0 Å². The lowest BCUT2D eigenvalue weighted by molar-refractivity contribution is 0.0995. The number of aromatic nitrogens is 1. The number of nitrogens with zero attached hydrogens (tertiary/aromatic N) is 1. The Morgan fingerprint density at radius 2 is 2.18 bits per heavy atom. The second kappa shape index (κ2) is 6.10.